The fraction of sp³-hybridized carbons (Fsp3) is 0.0714. The van der Waals surface area contributed by atoms with Gasteiger partial charge in [-0.1, -0.05) is 23.7 Å². The maximum Gasteiger partial charge on any atom is 0.152 e. The van der Waals surface area contributed by atoms with Crippen molar-refractivity contribution in [1.82, 2.24) is 0 Å². The highest BCUT2D eigenvalue weighted by Gasteiger charge is 2.06. The van der Waals surface area contributed by atoms with Gasteiger partial charge >= 0.3 is 0 Å². The first kappa shape index (κ1) is 11.7. The highest BCUT2D eigenvalue weighted by molar-refractivity contribution is 6.33. The standard InChI is InChI=1S/C14H11ClO2/c1-10(16)6-7-11-8-9-14(17-11)12-4-2-3-5-13(12)15/h2-9H,1H3/b7-6+. The number of hydrogen-bond acceptors (Lipinski definition) is 2. The van der Waals surface area contributed by atoms with Gasteiger partial charge in [0.25, 0.3) is 0 Å². The second kappa shape index (κ2) is 5.02. The Morgan fingerprint density at radius 2 is 2.00 bits per heavy atom. The molecule has 0 fully saturated rings. The predicted molar refractivity (Wildman–Crippen MR) is 68.9 cm³/mol. The molecule has 0 aliphatic carbocycles. The van der Waals surface area contributed by atoms with Gasteiger partial charge in [0.2, 0.25) is 0 Å². The Bertz CT molecular complexity index is 567. The summed E-state index contributed by atoms with van der Waals surface area (Å²) in [7, 11) is 0. The van der Waals surface area contributed by atoms with E-state index in [1.807, 2.05) is 30.3 Å². The number of halogens is 1. The summed E-state index contributed by atoms with van der Waals surface area (Å²) < 4.78 is 5.58. The van der Waals surface area contributed by atoms with Crippen molar-refractivity contribution in [3.8, 4) is 11.3 Å². The number of furan rings is 1. The minimum absolute atomic E-state index is 0.0132. The Labute approximate surface area is 105 Å². The smallest absolute Gasteiger partial charge is 0.152 e. The molecule has 3 heteroatoms. The fourth-order valence-corrected chi connectivity index (χ4v) is 1.68. The van der Waals surface area contributed by atoms with Crippen LogP contribution in [0.1, 0.15) is 12.7 Å². The Hall–Kier alpha value is -1.80. The molecule has 0 radical (unpaired) electrons. The zero-order valence-electron chi connectivity index (χ0n) is 9.31. The highest BCUT2D eigenvalue weighted by atomic mass is 35.5. The predicted octanol–water partition coefficient (Wildman–Crippen LogP) is 4.20. The number of allylic oxidation sites excluding steroid dienone is 1. The van der Waals surface area contributed by atoms with Gasteiger partial charge in [-0.05, 0) is 43.3 Å². The van der Waals surface area contributed by atoms with Crippen molar-refractivity contribution >= 4 is 23.5 Å². The molecule has 0 unspecified atom stereocenters. The molecule has 0 saturated heterocycles. The third-order valence-electron chi connectivity index (χ3n) is 2.25. The van der Waals surface area contributed by atoms with Crippen LogP contribution in [0, 0.1) is 0 Å². The number of hydrogen-bond donors (Lipinski definition) is 0. The summed E-state index contributed by atoms with van der Waals surface area (Å²) in [5.74, 6) is 1.31. The normalized spacial score (nSPS) is 10.9. The van der Waals surface area contributed by atoms with Crippen molar-refractivity contribution < 1.29 is 9.21 Å². The number of carbonyl (C=O) groups excluding carboxylic acids is 1. The van der Waals surface area contributed by atoms with Crippen molar-refractivity contribution in [2.75, 3.05) is 0 Å². The van der Waals surface area contributed by atoms with E-state index in [-0.39, 0.29) is 5.78 Å². The number of carbonyl (C=O) groups is 1. The topological polar surface area (TPSA) is 30.2 Å². The zero-order valence-corrected chi connectivity index (χ0v) is 10.1. The molecule has 0 atom stereocenters. The zero-order chi connectivity index (χ0) is 12.3. The van der Waals surface area contributed by atoms with Gasteiger partial charge in [0.05, 0.1) is 5.02 Å². The molecule has 1 heterocycles. The fourth-order valence-electron chi connectivity index (χ4n) is 1.45. The van der Waals surface area contributed by atoms with Crippen LogP contribution in [-0.2, 0) is 4.79 Å². The Kier molecular flexibility index (Phi) is 3.45. The molecule has 1 aromatic heterocycles. The molecule has 2 nitrogen and oxygen atoms in total. The van der Waals surface area contributed by atoms with Crippen molar-refractivity contribution in [1.29, 1.82) is 0 Å². The van der Waals surface area contributed by atoms with Crippen LogP contribution in [0.2, 0.25) is 5.02 Å². The van der Waals surface area contributed by atoms with E-state index in [1.54, 1.807) is 12.1 Å². The van der Waals surface area contributed by atoms with Gasteiger partial charge in [0, 0.05) is 5.56 Å². The molecule has 2 aromatic rings. The second-order valence-electron chi connectivity index (χ2n) is 3.63. The third kappa shape index (κ3) is 2.86. The first-order chi connectivity index (χ1) is 8.16. The van der Waals surface area contributed by atoms with Crippen molar-refractivity contribution in [2.24, 2.45) is 0 Å². The Morgan fingerprint density at radius 3 is 2.71 bits per heavy atom. The van der Waals surface area contributed by atoms with Crippen LogP contribution in [0.4, 0.5) is 0 Å². The largest absolute Gasteiger partial charge is 0.457 e. The number of ketones is 1. The second-order valence-corrected chi connectivity index (χ2v) is 4.03. The molecule has 0 saturated carbocycles. The van der Waals surface area contributed by atoms with Gasteiger partial charge < -0.3 is 4.42 Å². The van der Waals surface area contributed by atoms with Crippen LogP contribution < -0.4 is 0 Å². The summed E-state index contributed by atoms with van der Waals surface area (Å²) in [4.78, 5) is 10.8. The molecule has 17 heavy (non-hydrogen) atoms. The lowest BCUT2D eigenvalue weighted by Crippen LogP contribution is -1.78. The molecule has 0 N–H and O–H groups in total. The van der Waals surface area contributed by atoms with Gasteiger partial charge in [-0.25, -0.2) is 0 Å². The third-order valence-corrected chi connectivity index (χ3v) is 2.58. The number of benzene rings is 1. The van der Waals surface area contributed by atoms with E-state index >= 15 is 0 Å². The van der Waals surface area contributed by atoms with E-state index in [4.69, 9.17) is 16.0 Å². The van der Waals surface area contributed by atoms with E-state index in [0.29, 0.717) is 16.5 Å². The van der Waals surface area contributed by atoms with Crippen LogP contribution in [0.3, 0.4) is 0 Å². The molecule has 86 valence electrons. The monoisotopic (exact) mass is 246 g/mol. The molecule has 1 aromatic carbocycles. The maximum absolute atomic E-state index is 10.8. The Balaban J connectivity index is 2.30. The van der Waals surface area contributed by atoms with E-state index < -0.39 is 0 Å². The maximum atomic E-state index is 10.8. The van der Waals surface area contributed by atoms with E-state index in [9.17, 15) is 4.79 Å². The van der Waals surface area contributed by atoms with Gasteiger partial charge in [-0.2, -0.15) is 0 Å². The van der Waals surface area contributed by atoms with Crippen LogP contribution >= 0.6 is 11.6 Å². The van der Waals surface area contributed by atoms with Gasteiger partial charge in [0.1, 0.15) is 11.5 Å². The molecule has 0 amide bonds. The average Bonchev–Trinajstić information content (AvgIpc) is 2.75. The minimum atomic E-state index is -0.0132. The quantitative estimate of drug-likeness (QED) is 0.760. The summed E-state index contributed by atoms with van der Waals surface area (Å²) in [6.07, 6.45) is 3.11. The van der Waals surface area contributed by atoms with Crippen molar-refractivity contribution in [3.63, 3.8) is 0 Å². The Morgan fingerprint density at radius 1 is 1.24 bits per heavy atom. The summed E-state index contributed by atoms with van der Waals surface area (Å²) in [5.41, 5.74) is 0.844. The number of rotatable bonds is 3. The molecule has 0 aliphatic rings. The molecule has 0 aliphatic heterocycles. The first-order valence-electron chi connectivity index (χ1n) is 5.20. The first-order valence-corrected chi connectivity index (χ1v) is 5.58. The van der Waals surface area contributed by atoms with Crippen molar-refractivity contribution in [2.45, 2.75) is 6.92 Å². The minimum Gasteiger partial charge on any atom is -0.457 e. The summed E-state index contributed by atoms with van der Waals surface area (Å²) in [6, 6.07) is 11.1. The molecule has 2 rings (SSSR count). The molecular weight excluding hydrogens is 236 g/mol. The SMILES string of the molecule is CC(=O)/C=C/c1ccc(-c2ccccc2Cl)o1. The van der Waals surface area contributed by atoms with Crippen molar-refractivity contribution in [3.05, 3.63) is 53.3 Å². The van der Waals surface area contributed by atoms with Gasteiger partial charge in [-0.15, -0.1) is 0 Å². The van der Waals surface area contributed by atoms with Gasteiger partial charge in [0.15, 0.2) is 5.78 Å². The van der Waals surface area contributed by atoms with Gasteiger partial charge in [-0.3, -0.25) is 4.79 Å². The molecule has 0 bridgehead atoms. The van der Waals surface area contributed by atoms with Crippen LogP contribution in [0.15, 0.2) is 46.9 Å². The van der Waals surface area contributed by atoms with E-state index in [0.717, 1.165) is 5.56 Å². The van der Waals surface area contributed by atoms with Crippen LogP contribution in [-0.4, -0.2) is 5.78 Å². The van der Waals surface area contributed by atoms with E-state index in [2.05, 4.69) is 0 Å². The molecular formula is C14H11ClO2. The lowest BCUT2D eigenvalue weighted by atomic mass is 10.2. The van der Waals surface area contributed by atoms with E-state index in [1.165, 1.54) is 13.0 Å². The average molecular weight is 247 g/mol. The summed E-state index contributed by atoms with van der Waals surface area (Å²) in [6.45, 7) is 1.49. The van der Waals surface area contributed by atoms with Crippen LogP contribution in [0.25, 0.3) is 17.4 Å². The van der Waals surface area contributed by atoms with Crippen LogP contribution in [0.5, 0.6) is 0 Å². The summed E-state index contributed by atoms with van der Waals surface area (Å²) >= 11 is 6.06. The highest BCUT2D eigenvalue weighted by Crippen LogP contribution is 2.29. The summed E-state index contributed by atoms with van der Waals surface area (Å²) in [5, 5.41) is 0.643. The lowest BCUT2D eigenvalue weighted by molar-refractivity contribution is -0.112. The molecule has 0 spiro atoms. The lowest BCUT2D eigenvalue weighted by Gasteiger charge is -1.98.